The maximum atomic E-state index is 11.5. The molecule has 0 bridgehead atoms. The summed E-state index contributed by atoms with van der Waals surface area (Å²) >= 11 is 0. The largest absolute Gasteiger partial charge is 0.444 e. The Labute approximate surface area is 97.2 Å². The van der Waals surface area contributed by atoms with Crippen molar-refractivity contribution >= 4 is 11.9 Å². The van der Waals surface area contributed by atoms with Crippen LogP contribution in [0.1, 0.15) is 41.0 Å². The van der Waals surface area contributed by atoms with E-state index in [9.17, 15) is 4.79 Å². The molecule has 0 saturated carbocycles. The first-order valence-corrected chi connectivity index (χ1v) is 5.45. The molecule has 16 heavy (non-hydrogen) atoms. The summed E-state index contributed by atoms with van der Waals surface area (Å²) in [5.74, 6) is 0.309. The number of alkyl carbamates (subject to hydrolysis) is 1. The quantitative estimate of drug-likeness (QED) is 0.508. The van der Waals surface area contributed by atoms with Crippen LogP contribution >= 0.6 is 0 Å². The molecule has 0 fully saturated rings. The molecule has 5 heteroatoms. The zero-order valence-electron chi connectivity index (χ0n) is 10.8. The van der Waals surface area contributed by atoms with E-state index in [0.29, 0.717) is 12.3 Å². The van der Waals surface area contributed by atoms with Crippen molar-refractivity contribution in [1.82, 2.24) is 5.32 Å². The van der Waals surface area contributed by atoms with Crippen LogP contribution in [0.15, 0.2) is 0 Å². The molecule has 5 nitrogen and oxygen atoms in total. The van der Waals surface area contributed by atoms with E-state index in [1.165, 1.54) is 0 Å². The molecule has 94 valence electrons. The smallest absolute Gasteiger partial charge is 0.408 e. The minimum atomic E-state index is -0.538. The first-order valence-electron chi connectivity index (χ1n) is 5.45. The lowest BCUT2D eigenvalue weighted by atomic mass is 10.0. The van der Waals surface area contributed by atoms with Crippen molar-refractivity contribution in [3.63, 3.8) is 0 Å². The molecule has 0 heterocycles. The van der Waals surface area contributed by atoms with Gasteiger partial charge < -0.3 is 15.8 Å². The second-order valence-electron chi connectivity index (χ2n) is 5.28. The zero-order valence-corrected chi connectivity index (χ0v) is 10.8. The zero-order chi connectivity index (χ0) is 12.9. The summed E-state index contributed by atoms with van der Waals surface area (Å²) in [5, 5.41) is 9.97. The van der Waals surface area contributed by atoms with Crippen LogP contribution in [0.25, 0.3) is 0 Å². The monoisotopic (exact) mass is 229 g/mol. The standard InChI is InChI=1S/C11H23N3O2/c1-7(2)6-8(9(12)13)14-10(15)16-11(3,4)5/h7-8H,6H2,1-5H3,(H3,12,13)(H,14,15). The summed E-state index contributed by atoms with van der Waals surface area (Å²) in [4.78, 5) is 11.5. The number of amides is 1. The maximum Gasteiger partial charge on any atom is 0.408 e. The van der Waals surface area contributed by atoms with Gasteiger partial charge in [0.25, 0.3) is 0 Å². The minimum absolute atomic E-state index is 0.0421. The first kappa shape index (κ1) is 14.7. The Hall–Kier alpha value is -1.26. The summed E-state index contributed by atoms with van der Waals surface area (Å²) in [6.07, 6.45) is 0.0996. The normalized spacial score (nSPS) is 13.4. The van der Waals surface area contributed by atoms with Gasteiger partial charge in [-0.3, -0.25) is 5.41 Å². The highest BCUT2D eigenvalue weighted by molar-refractivity contribution is 5.86. The number of amidine groups is 1. The Morgan fingerprint density at radius 3 is 2.25 bits per heavy atom. The minimum Gasteiger partial charge on any atom is -0.444 e. The van der Waals surface area contributed by atoms with Crippen LogP contribution in [0.2, 0.25) is 0 Å². The highest BCUT2D eigenvalue weighted by atomic mass is 16.6. The van der Waals surface area contributed by atoms with E-state index in [4.69, 9.17) is 15.9 Å². The molecule has 0 saturated heterocycles. The Morgan fingerprint density at radius 1 is 1.44 bits per heavy atom. The summed E-state index contributed by atoms with van der Waals surface area (Å²) in [5.41, 5.74) is 4.87. The molecule has 0 aliphatic heterocycles. The molecule has 1 amide bonds. The van der Waals surface area contributed by atoms with Crippen LogP contribution in [-0.2, 0) is 4.74 Å². The summed E-state index contributed by atoms with van der Waals surface area (Å²) in [6.45, 7) is 9.38. The summed E-state index contributed by atoms with van der Waals surface area (Å²) in [6, 6.07) is -0.449. The van der Waals surface area contributed by atoms with E-state index in [2.05, 4.69) is 5.32 Å². The molecule has 0 radical (unpaired) electrons. The molecule has 0 aliphatic carbocycles. The van der Waals surface area contributed by atoms with Crippen LogP contribution in [0.3, 0.4) is 0 Å². The third-order valence-corrected chi connectivity index (χ3v) is 1.77. The number of carbonyl (C=O) groups excluding carboxylic acids is 1. The van der Waals surface area contributed by atoms with Gasteiger partial charge in [-0.2, -0.15) is 0 Å². The molecule has 0 aromatic carbocycles. The highest BCUT2D eigenvalue weighted by Crippen LogP contribution is 2.09. The van der Waals surface area contributed by atoms with Crippen LogP contribution in [-0.4, -0.2) is 23.6 Å². The fourth-order valence-electron chi connectivity index (χ4n) is 1.18. The molecule has 0 aromatic heterocycles. The van der Waals surface area contributed by atoms with E-state index >= 15 is 0 Å². The van der Waals surface area contributed by atoms with Crippen molar-refractivity contribution < 1.29 is 9.53 Å². The molecular formula is C11H23N3O2. The van der Waals surface area contributed by atoms with E-state index < -0.39 is 17.7 Å². The molecule has 1 unspecified atom stereocenters. The van der Waals surface area contributed by atoms with Gasteiger partial charge in [0.2, 0.25) is 0 Å². The predicted molar refractivity (Wildman–Crippen MR) is 64.5 cm³/mol. The average Bonchev–Trinajstić information content (AvgIpc) is 1.97. The van der Waals surface area contributed by atoms with Crippen molar-refractivity contribution in [2.45, 2.75) is 52.7 Å². The van der Waals surface area contributed by atoms with Crippen molar-refractivity contribution in [3.05, 3.63) is 0 Å². The summed E-state index contributed by atoms with van der Waals surface area (Å²) in [7, 11) is 0. The third kappa shape index (κ3) is 7.09. The van der Waals surface area contributed by atoms with Gasteiger partial charge in [0.1, 0.15) is 11.4 Å². The van der Waals surface area contributed by atoms with Crippen LogP contribution in [0.4, 0.5) is 4.79 Å². The van der Waals surface area contributed by atoms with Gasteiger partial charge in [0, 0.05) is 0 Å². The Balaban J connectivity index is 4.30. The lowest BCUT2D eigenvalue weighted by molar-refractivity contribution is 0.0513. The number of ether oxygens (including phenoxy) is 1. The molecule has 4 N–H and O–H groups in total. The van der Waals surface area contributed by atoms with Crippen molar-refractivity contribution in [1.29, 1.82) is 5.41 Å². The second-order valence-corrected chi connectivity index (χ2v) is 5.28. The van der Waals surface area contributed by atoms with Gasteiger partial charge in [-0.1, -0.05) is 13.8 Å². The molecule has 1 atom stereocenters. The third-order valence-electron chi connectivity index (χ3n) is 1.77. The molecule has 0 aliphatic rings. The van der Waals surface area contributed by atoms with E-state index in [1.807, 2.05) is 13.8 Å². The van der Waals surface area contributed by atoms with Crippen molar-refractivity contribution in [2.75, 3.05) is 0 Å². The fourth-order valence-corrected chi connectivity index (χ4v) is 1.18. The topological polar surface area (TPSA) is 88.2 Å². The van der Waals surface area contributed by atoms with Gasteiger partial charge >= 0.3 is 6.09 Å². The maximum absolute atomic E-state index is 11.5. The SMILES string of the molecule is CC(C)CC(NC(=O)OC(C)(C)C)C(=N)N. The van der Waals surface area contributed by atoms with Crippen LogP contribution in [0, 0.1) is 11.3 Å². The van der Waals surface area contributed by atoms with Gasteiger partial charge in [-0.25, -0.2) is 4.79 Å². The number of hydrogen-bond acceptors (Lipinski definition) is 3. The molecule has 0 aromatic rings. The molecule has 0 rings (SSSR count). The molecule has 0 spiro atoms. The van der Waals surface area contributed by atoms with Crippen LogP contribution in [0.5, 0.6) is 0 Å². The Kier molecular flexibility index (Phi) is 5.27. The fraction of sp³-hybridized carbons (Fsp3) is 0.818. The number of rotatable bonds is 4. The van der Waals surface area contributed by atoms with E-state index in [0.717, 1.165) is 0 Å². The average molecular weight is 229 g/mol. The lowest BCUT2D eigenvalue weighted by Gasteiger charge is -2.23. The first-order chi connectivity index (χ1) is 7.11. The van der Waals surface area contributed by atoms with E-state index in [1.54, 1.807) is 20.8 Å². The second kappa shape index (κ2) is 5.72. The Bertz CT molecular complexity index is 256. The van der Waals surface area contributed by atoms with Crippen molar-refractivity contribution in [2.24, 2.45) is 11.7 Å². The van der Waals surface area contributed by atoms with Gasteiger partial charge in [-0.15, -0.1) is 0 Å². The predicted octanol–water partition coefficient (Wildman–Crippen LogP) is 1.86. The Morgan fingerprint density at radius 2 is 1.94 bits per heavy atom. The number of nitrogens with one attached hydrogen (secondary N) is 2. The summed E-state index contributed by atoms with van der Waals surface area (Å²) < 4.78 is 5.10. The number of carbonyl (C=O) groups is 1. The van der Waals surface area contributed by atoms with Crippen LogP contribution < -0.4 is 11.1 Å². The highest BCUT2D eigenvalue weighted by Gasteiger charge is 2.21. The molecular weight excluding hydrogens is 206 g/mol. The lowest BCUT2D eigenvalue weighted by Crippen LogP contribution is -2.46. The van der Waals surface area contributed by atoms with Gasteiger partial charge in [0.05, 0.1) is 6.04 Å². The van der Waals surface area contributed by atoms with Crippen molar-refractivity contribution in [3.8, 4) is 0 Å². The number of hydrogen-bond donors (Lipinski definition) is 3. The van der Waals surface area contributed by atoms with E-state index in [-0.39, 0.29) is 5.84 Å². The number of nitrogens with two attached hydrogens (primary N) is 1. The van der Waals surface area contributed by atoms with Gasteiger partial charge in [-0.05, 0) is 33.1 Å². The van der Waals surface area contributed by atoms with Gasteiger partial charge in [0.15, 0.2) is 0 Å².